The molecule has 2 aromatic rings. The SMILES string of the molecule is CC(C)(C)OC(=O)N1CCN(c2ncc(C(=O)NCc3ccc(Cl)cc3)cc2Cl)CC1. The van der Waals surface area contributed by atoms with Crippen LogP contribution in [0, 0.1) is 0 Å². The highest BCUT2D eigenvalue weighted by Gasteiger charge is 2.27. The Morgan fingerprint density at radius 1 is 1.10 bits per heavy atom. The molecule has 31 heavy (non-hydrogen) atoms. The smallest absolute Gasteiger partial charge is 0.410 e. The summed E-state index contributed by atoms with van der Waals surface area (Å²) in [5, 5.41) is 3.89. The molecule has 1 aliphatic rings. The van der Waals surface area contributed by atoms with Gasteiger partial charge in [-0.05, 0) is 44.5 Å². The van der Waals surface area contributed by atoms with E-state index in [4.69, 9.17) is 27.9 Å². The maximum Gasteiger partial charge on any atom is 0.410 e. The molecule has 2 amide bonds. The molecule has 0 atom stereocenters. The minimum Gasteiger partial charge on any atom is -0.444 e. The second kappa shape index (κ2) is 9.75. The standard InChI is InChI=1S/C22H26Cl2N4O3/c1-22(2,3)31-21(30)28-10-8-27(9-11-28)19-18(24)12-16(14-25-19)20(29)26-13-15-4-6-17(23)7-5-15/h4-7,12,14H,8-11,13H2,1-3H3,(H,26,29). The Balaban J connectivity index is 1.56. The Morgan fingerprint density at radius 3 is 2.32 bits per heavy atom. The second-order valence-electron chi connectivity index (χ2n) is 8.29. The molecule has 1 fully saturated rings. The molecule has 1 saturated heterocycles. The van der Waals surface area contributed by atoms with Crippen molar-refractivity contribution in [1.82, 2.24) is 15.2 Å². The molecule has 1 aromatic carbocycles. The van der Waals surface area contributed by atoms with Gasteiger partial charge in [0, 0.05) is 43.9 Å². The van der Waals surface area contributed by atoms with Crippen LogP contribution in [0.4, 0.5) is 10.6 Å². The highest BCUT2D eigenvalue weighted by molar-refractivity contribution is 6.33. The fraction of sp³-hybridized carbons (Fsp3) is 0.409. The van der Waals surface area contributed by atoms with Crippen LogP contribution in [0.3, 0.4) is 0 Å². The first-order chi connectivity index (χ1) is 14.6. The first-order valence-electron chi connectivity index (χ1n) is 10.0. The van der Waals surface area contributed by atoms with E-state index < -0.39 is 5.60 Å². The summed E-state index contributed by atoms with van der Waals surface area (Å²) in [6.07, 6.45) is 1.19. The molecular weight excluding hydrogens is 439 g/mol. The molecule has 0 spiro atoms. The number of ether oxygens (including phenoxy) is 1. The van der Waals surface area contributed by atoms with Crippen LogP contribution in [-0.2, 0) is 11.3 Å². The third-order valence-corrected chi connectivity index (χ3v) is 5.21. The van der Waals surface area contributed by atoms with Gasteiger partial charge in [0.15, 0.2) is 0 Å². The minimum atomic E-state index is -0.525. The van der Waals surface area contributed by atoms with E-state index in [9.17, 15) is 9.59 Å². The maximum atomic E-state index is 12.4. The van der Waals surface area contributed by atoms with Crippen LogP contribution in [0.25, 0.3) is 0 Å². The van der Waals surface area contributed by atoms with Gasteiger partial charge in [-0.3, -0.25) is 4.79 Å². The Morgan fingerprint density at radius 2 is 1.74 bits per heavy atom. The van der Waals surface area contributed by atoms with Crippen molar-refractivity contribution in [3.63, 3.8) is 0 Å². The predicted octanol–water partition coefficient (Wildman–Crippen LogP) is 4.38. The average Bonchev–Trinajstić information content (AvgIpc) is 2.72. The monoisotopic (exact) mass is 464 g/mol. The molecule has 1 aliphatic heterocycles. The summed E-state index contributed by atoms with van der Waals surface area (Å²) in [7, 11) is 0. The van der Waals surface area contributed by atoms with Crippen molar-refractivity contribution in [3.8, 4) is 0 Å². The lowest BCUT2D eigenvalue weighted by Gasteiger charge is -2.36. The van der Waals surface area contributed by atoms with E-state index in [1.165, 1.54) is 6.20 Å². The summed E-state index contributed by atoms with van der Waals surface area (Å²) < 4.78 is 5.42. The Kier molecular flexibility index (Phi) is 7.28. The summed E-state index contributed by atoms with van der Waals surface area (Å²) in [5.41, 5.74) is 0.801. The van der Waals surface area contributed by atoms with Gasteiger partial charge in [-0.25, -0.2) is 9.78 Å². The zero-order valence-corrected chi connectivity index (χ0v) is 19.3. The lowest BCUT2D eigenvalue weighted by molar-refractivity contribution is 0.0240. The summed E-state index contributed by atoms with van der Waals surface area (Å²) >= 11 is 12.3. The van der Waals surface area contributed by atoms with Gasteiger partial charge < -0.3 is 19.9 Å². The fourth-order valence-corrected chi connectivity index (χ4v) is 3.51. The molecule has 1 aromatic heterocycles. The molecule has 1 N–H and O–H groups in total. The third-order valence-electron chi connectivity index (χ3n) is 4.68. The van der Waals surface area contributed by atoms with Crippen molar-refractivity contribution in [1.29, 1.82) is 0 Å². The molecule has 2 heterocycles. The fourth-order valence-electron chi connectivity index (χ4n) is 3.10. The maximum absolute atomic E-state index is 12.4. The van der Waals surface area contributed by atoms with Gasteiger partial charge >= 0.3 is 6.09 Å². The number of benzene rings is 1. The van der Waals surface area contributed by atoms with E-state index in [1.54, 1.807) is 23.1 Å². The number of nitrogens with zero attached hydrogens (tertiary/aromatic N) is 3. The molecule has 7 nitrogen and oxygen atoms in total. The molecule has 9 heteroatoms. The van der Waals surface area contributed by atoms with Crippen molar-refractivity contribution >= 4 is 41.0 Å². The number of nitrogens with one attached hydrogen (secondary N) is 1. The van der Waals surface area contributed by atoms with Crippen molar-refractivity contribution < 1.29 is 14.3 Å². The van der Waals surface area contributed by atoms with Crippen molar-refractivity contribution in [2.24, 2.45) is 0 Å². The number of carbonyl (C=O) groups is 2. The zero-order valence-electron chi connectivity index (χ0n) is 17.8. The number of anilines is 1. The molecule has 3 rings (SSSR count). The number of hydrogen-bond acceptors (Lipinski definition) is 5. The highest BCUT2D eigenvalue weighted by Crippen LogP contribution is 2.25. The van der Waals surface area contributed by atoms with Gasteiger partial charge in [0.25, 0.3) is 5.91 Å². The van der Waals surface area contributed by atoms with Crippen LogP contribution in [0.5, 0.6) is 0 Å². The molecule has 166 valence electrons. The van der Waals surface area contributed by atoms with Crippen LogP contribution >= 0.6 is 23.2 Å². The first-order valence-corrected chi connectivity index (χ1v) is 10.8. The van der Waals surface area contributed by atoms with E-state index in [0.29, 0.717) is 54.2 Å². The summed E-state index contributed by atoms with van der Waals surface area (Å²) in [4.78, 5) is 32.7. The number of hydrogen-bond donors (Lipinski definition) is 1. The van der Waals surface area contributed by atoms with E-state index >= 15 is 0 Å². The average molecular weight is 465 g/mol. The number of carbonyl (C=O) groups excluding carboxylic acids is 2. The first kappa shape index (κ1) is 23.2. The van der Waals surface area contributed by atoms with Gasteiger partial charge in [-0.15, -0.1) is 0 Å². The highest BCUT2D eigenvalue weighted by atomic mass is 35.5. The summed E-state index contributed by atoms with van der Waals surface area (Å²) in [5.74, 6) is 0.338. The Bertz CT molecular complexity index is 937. The molecule has 0 aliphatic carbocycles. The van der Waals surface area contributed by atoms with E-state index in [-0.39, 0.29) is 12.0 Å². The lowest BCUT2D eigenvalue weighted by atomic mass is 10.2. The topological polar surface area (TPSA) is 74.8 Å². The third kappa shape index (κ3) is 6.48. The molecular formula is C22H26Cl2N4O3. The van der Waals surface area contributed by atoms with Gasteiger partial charge in [0.2, 0.25) is 0 Å². The van der Waals surface area contributed by atoms with Crippen LogP contribution in [-0.4, -0.2) is 53.7 Å². The largest absolute Gasteiger partial charge is 0.444 e. The van der Waals surface area contributed by atoms with Crippen LogP contribution in [0.1, 0.15) is 36.7 Å². The van der Waals surface area contributed by atoms with Crippen LogP contribution in [0.15, 0.2) is 36.5 Å². The number of piperazine rings is 1. The van der Waals surface area contributed by atoms with Gasteiger partial charge in [0.05, 0.1) is 10.6 Å². The normalized spacial score (nSPS) is 14.4. The minimum absolute atomic E-state index is 0.259. The quantitative estimate of drug-likeness (QED) is 0.726. The summed E-state index contributed by atoms with van der Waals surface area (Å²) in [6.45, 7) is 8.09. The number of aromatic nitrogens is 1. The zero-order chi connectivity index (χ0) is 22.6. The van der Waals surface area contributed by atoms with E-state index in [2.05, 4.69) is 10.3 Å². The number of rotatable bonds is 4. The van der Waals surface area contributed by atoms with Gasteiger partial charge in [-0.1, -0.05) is 35.3 Å². The molecule has 0 saturated carbocycles. The molecule has 0 unspecified atom stereocenters. The number of amides is 2. The van der Waals surface area contributed by atoms with Crippen LogP contribution in [0.2, 0.25) is 10.0 Å². The Hall–Kier alpha value is -2.51. The second-order valence-corrected chi connectivity index (χ2v) is 9.14. The molecule has 0 radical (unpaired) electrons. The van der Waals surface area contributed by atoms with E-state index in [0.717, 1.165) is 5.56 Å². The summed E-state index contributed by atoms with van der Waals surface area (Å²) in [6, 6.07) is 8.88. The van der Waals surface area contributed by atoms with E-state index in [1.807, 2.05) is 37.8 Å². The lowest BCUT2D eigenvalue weighted by Crippen LogP contribution is -2.50. The van der Waals surface area contributed by atoms with Gasteiger partial charge in [-0.2, -0.15) is 0 Å². The predicted molar refractivity (Wildman–Crippen MR) is 122 cm³/mol. The van der Waals surface area contributed by atoms with Crippen molar-refractivity contribution in [2.75, 3.05) is 31.1 Å². The van der Waals surface area contributed by atoms with Crippen molar-refractivity contribution in [2.45, 2.75) is 32.9 Å². The van der Waals surface area contributed by atoms with Crippen LogP contribution < -0.4 is 10.2 Å². The number of pyridine rings is 1. The Labute approximate surface area is 192 Å². The molecule has 0 bridgehead atoms. The van der Waals surface area contributed by atoms with Crippen molar-refractivity contribution in [3.05, 3.63) is 57.7 Å². The number of halogens is 2. The van der Waals surface area contributed by atoms with Gasteiger partial charge in [0.1, 0.15) is 11.4 Å².